The van der Waals surface area contributed by atoms with Gasteiger partial charge in [-0.3, -0.25) is 4.79 Å². The van der Waals surface area contributed by atoms with Crippen molar-refractivity contribution in [1.29, 1.82) is 0 Å². The molecule has 1 fully saturated rings. The molecule has 2 aromatic heterocycles. The van der Waals surface area contributed by atoms with Gasteiger partial charge < -0.3 is 9.32 Å². The van der Waals surface area contributed by atoms with Crippen LogP contribution >= 0.6 is 0 Å². The summed E-state index contributed by atoms with van der Waals surface area (Å²) in [4.78, 5) is 23.1. The third-order valence-electron chi connectivity index (χ3n) is 4.67. The molecule has 5 heteroatoms. The summed E-state index contributed by atoms with van der Waals surface area (Å²) in [7, 11) is 0. The third-order valence-corrected chi connectivity index (χ3v) is 4.67. The van der Waals surface area contributed by atoms with Gasteiger partial charge in [-0.05, 0) is 37.5 Å². The monoisotopic (exact) mass is 321 g/mol. The number of amides is 1. The van der Waals surface area contributed by atoms with E-state index in [0.717, 1.165) is 47.2 Å². The quantitative estimate of drug-likeness (QED) is 0.741. The van der Waals surface area contributed by atoms with Crippen molar-refractivity contribution in [3.63, 3.8) is 0 Å². The average molecular weight is 321 g/mol. The van der Waals surface area contributed by atoms with Gasteiger partial charge in [-0.1, -0.05) is 12.1 Å². The van der Waals surface area contributed by atoms with E-state index in [4.69, 9.17) is 4.42 Å². The number of aromatic nitrogens is 2. The van der Waals surface area contributed by atoms with Gasteiger partial charge in [0.25, 0.3) is 0 Å². The number of hydrogen-bond donors (Lipinski definition) is 0. The maximum atomic E-state index is 12.8. The molecule has 3 aromatic rings. The second-order valence-electron chi connectivity index (χ2n) is 6.32. The first-order valence-electron chi connectivity index (χ1n) is 8.24. The lowest BCUT2D eigenvalue weighted by atomic mass is 10.1. The van der Waals surface area contributed by atoms with Crippen molar-refractivity contribution in [2.45, 2.75) is 32.2 Å². The summed E-state index contributed by atoms with van der Waals surface area (Å²) >= 11 is 0. The number of likely N-dealkylation sites (tertiary alicyclic amines) is 1. The SMILES string of the molecule is Cc1ccc2c(CC(=O)N3CCC[C@@H]3c3ccncn3)coc2c1. The van der Waals surface area contributed by atoms with Crippen molar-refractivity contribution in [3.8, 4) is 0 Å². The number of carbonyl (C=O) groups excluding carboxylic acids is 1. The normalized spacial score (nSPS) is 17.5. The van der Waals surface area contributed by atoms with Gasteiger partial charge in [0.15, 0.2) is 0 Å². The summed E-state index contributed by atoms with van der Waals surface area (Å²) < 4.78 is 5.61. The number of rotatable bonds is 3. The molecule has 1 aromatic carbocycles. The Morgan fingerprint density at radius 2 is 2.29 bits per heavy atom. The highest BCUT2D eigenvalue weighted by atomic mass is 16.3. The first-order valence-corrected chi connectivity index (χ1v) is 8.24. The van der Waals surface area contributed by atoms with Gasteiger partial charge in [-0.25, -0.2) is 9.97 Å². The van der Waals surface area contributed by atoms with Crippen LogP contribution in [0.15, 0.2) is 47.5 Å². The van der Waals surface area contributed by atoms with Gasteiger partial charge in [-0.15, -0.1) is 0 Å². The number of hydrogen-bond acceptors (Lipinski definition) is 4. The summed E-state index contributed by atoms with van der Waals surface area (Å²) in [5.41, 5.74) is 3.86. The highest BCUT2D eigenvalue weighted by Crippen LogP contribution is 2.32. The van der Waals surface area contributed by atoms with Crippen molar-refractivity contribution in [3.05, 3.63) is 59.9 Å². The van der Waals surface area contributed by atoms with Gasteiger partial charge in [0, 0.05) is 23.7 Å². The zero-order valence-electron chi connectivity index (χ0n) is 13.6. The molecule has 0 bridgehead atoms. The predicted molar refractivity (Wildman–Crippen MR) is 90.4 cm³/mol. The first-order chi connectivity index (χ1) is 11.7. The highest BCUT2D eigenvalue weighted by molar-refractivity contribution is 5.88. The Hall–Kier alpha value is -2.69. The second-order valence-corrected chi connectivity index (χ2v) is 6.32. The molecule has 3 heterocycles. The Kier molecular flexibility index (Phi) is 3.76. The molecular formula is C19H19N3O2. The fourth-order valence-electron chi connectivity index (χ4n) is 3.46. The van der Waals surface area contributed by atoms with Crippen LogP contribution in [0, 0.1) is 6.92 Å². The molecular weight excluding hydrogens is 302 g/mol. The minimum Gasteiger partial charge on any atom is -0.464 e. The van der Waals surface area contributed by atoms with E-state index in [2.05, 4.69) is 9.97 Å². The van der Waals surface area contributed by atoms with Crippen LogP contribution in [-0.2, 0) is 11.2 Å². The minimum absolute atomic E-state index is 0.0564. The number of furan rings is 1. The lowest BCUT2D eigenvalue weighted by molar-refractivity contribution is -0.131. The van der Waals surface area contributed by atoms with Crippen LogP contribution < -0.4 is 0 Å². The van der Waals surface area contributed by atoms with Gasteiger partial charge in [0.1, 0.15) is 11.9 Å². The van der Waals surface area contributed by atoms with Gasteiger partial charge in [0.05, 0.1) is 24.4 Å². The minimum atomic E-state index is 0.0564. The summed E-state index contributed by atoms with van der Waals surface area (Å²) in [6, 6.07) is 8.03. The summed E-state index contributed by atoms with van der Waals surface area (Å²) in [5.74, 6) is 0.124. The molecule has 4 rings (SSSR count). The Balaban J connectivity index is 1.57. The van der Waals surface area contributed by atoms with E-state index in [0.29, 0.717) is 6.42 Å². The molecule has 1 aliphatic heterocycles. The lowest BCUT2D eigenvalue weighted by Gasteiger charge is -2.24. The molecule has 1 amide bonds. The second kappa shape index (κ2) is 6.07. The summed E-state index contributed by atoms with van der Waals surface area (Å²) in [6.45, 7) is 2.81. The van der Waals surface area contributed by atoms with Crippen molar-refractivity contribution >= 4 is 16.9 Å². The standard InChI is InChI=1S/C19H19N3O2/c1-13-4-5-15-14(11-24-18(15)9-13)10-19(23)22-8-2-3-17(22)16-6-7-20-12-21-16/h4-7,9,11-12,17H,2-3,8,10H2,1H3/t17-/m1/s1. The zero-order chi connectivity index (χ0) is 16.5. The van der Waals surface area contributed by atoms with Crippen LogP contribution in [-0.4, -0.2) is 27.3 Å². The molecule has 0 radical (unpaired) electrons. The van der Waals surface area contributed by atoms with Crippen LogP contribution in [0.5, 0.6) is 0 Å². The number of aryl methyl sites for hydroxylation is 1. The molecule has 1 atom stereocenters. The van der Waals surface area contributed by atoms with E-state index in [1.165, 1.54) is 0 Å². The van der Waals surface area contributed by atoms with Crippen molar-refractivity contribution in [1.82, 2.24) is 14.9 Å². The average Bonchev–Trinajstić information content (AvgIpc) is 3.23. The number of nitrogens with zero attached hydrogens (tertiary/aromatic N) is 3. The first kappa shape index (κ1) is 14.9. The molecule has 0 saturated carbocycles. The molecule has 0 aliphatic carbocycles. The Labute approximate surface area is 140 Å². The molecule has 0 spiro atoms. The molecule has 122 valence electrons. The molecule has 1 aliphatic rings. The van der Waals surface area contributed by atoms with Gasteiger partial charge in [0.2, 0.25) is 5.91 Å². The number of benzene rings is 1. The third kappa shape index (κ3) is 2.66. The van der Waals surface area contributed by atoms with E-state index in [1.807, 2.05) is 36.1 Å². The topological polar surface area (TPSA) is 59.2 Å². The fourth-order valence-corrected chi connectivity index (χ4v) is 3.46. The van der Waals surface area contributed by atoms with E-state index >= 15 is 0 Å². The van der Waals surface area contributed by atoms with Crippen LogP contribution in [0.1, 0.15) is 35.7 Å². The van der Waals surface area contributed by atoms with Crippen molar-refractivity contribution < 1.29 is 9.21 Å². The van der Waals surface area contributed by atoms with E-state index in [-0.39, 0.29) is 11.9 Å². The van der Waals surface area contributed by atoms with E-state index in [9.17, 15) is 4.79 Å². The van der Waals surface area contributed by atoms with Crippen molar-refractivity contribution in [2.24, 2.45) is 0 Å². The van der Waals surface area contributed by atoms with Crippen LogP contribution in [0.3, 0.4) is 0 Å². The summed E-state index contributed by atoms with van der Waals surface area (Å²) in [5, 5.41) is 1.02. The largest absolute Gasteiger partial charge is 0.464 e. The summed E-state index contributed by atoms with van der Waals surface area (Å²) in [6.07, 6.45) is 7.30. The molecule has 24 heavy (non-hydrogen) atoms. The van der Waals surface area contributed by atoms with Crippen LogP contribution in [0.2, 0.25) is 0 Å². The van der Waals surface area contributed by atoms with Gasteiger partial charge in [-0.2, -0.15) is 0 Å². The predicted octanol–water partition coefficient (Wildman–Crippen LogP) is 3.44. The maximum Gasteiger partial charge on any atom is 0.227 e. The Morgan fingerprint density at radius 1 is 1.38 bits per heavy atom. The molecule has 0 unspecified atom stereocenters. The molecule has 0 N–H and O–H groups in total. The van der Waals surface area contributed by atoms with E-state index in [1.54, 1.807) is 18.8 Å². The zero-order valence-corrected chi connectivity index (χ0v) is 13.6. The van der Waals surface area contributed by atoms with Gasteiger partial charge >= 0.3 is 0 Å². The highest BCUT2D eigenvalue weighted by Gasteiger charge is 2.31. The maximum absolute atomic E-state index is 12.8. The number of fused-ring (bicyclic) bond motifs is 1. The van der Waals surface area contributed by atoms with E-state index < -0.39 is 0 Å². The van der Waals surface area contributed by atoms with Crippen LogP contribution in [0.4, 0.5) is 0 Å². The van der Waals surface area contributed by atoms with Crippen molar-refractivity contribution in [2.75, 3.05) is 6.54 Å². The number of carbonyl (C=O) groups is 1. The lowest BCUT2D eigenvalue weighted by Crippen LogP contribution is -2.32. The smallest absolute Gasteiger partial charge is 0.227 e. The Bertz CT molecular complexity index is 873. The Morgan fingerprint density at radius 3 is 3.12 bits per heavy atom. The molecule has 5 nitrogen and oxygen atoms in total. The molecule has 1 saturated heterocycles. The fraction of sp³-hybridized carbons (Fsp3) is 0.316. The van der Waals surface area contributed by atoms with Crippen LogP contribution in [0.25, 0.3) is 11.0 Å².